The highest BCUT2D eigenvalue weighted by Crippen LogP contribution is 2.66. The van der Waals surface area contributed by atoms with Gasteiger partial charge in [-0.15, -0.1) is 0 Å². The van der Waals surface area contributed by atoms with Crippen LogP contribution in [0.15, 0.2) is 12.7 Å². The largest absolute Gasteiger partial charge is 0.490 e. The summed E-state index contributed by atoms with van der Waals surface area (Å²) in [6.07, 6.45) is 3.12. The third-order valence-corrected chi connectivity index (χ3v) is 16.4. The number of carbonyl (C=O) groups excluding carboxylic acids is 2. The van der Waals surface area contributed by atoms with Gasteiger partial charge in [-0.05, 0) is 26.7 Å². The van der Waals surface area contributed by atoms with Gasteiger partial charge in [0.15, 0.2) is 11.5 Å². The molecule has 3 aliphatic rings. The minimum Gasteiger partial charge on any atom is -0.382 e. The summed E-state index contributed by atoms with van der Waals surface area (Å²) in [5.41, 5.74) is 6.55. The minimum absolute atomic E-state index is 0.0558. The van der Waals surface area contributed by atoms with Crippen LogP contribution in [0.3, 0.4) is 0 Å². The molecule has 0 radical (unpaired) electrons. The van der Waals surface area contributed by atoms with E-state index in [1.807, 2.05) is 25.6 Å². The SMILES string of the molecule is CC(C)(CNC(=O)CCCCC1SCC2NC(=O)NC21)SSCO[C@@H]1C[C@H](n2cnc3c(N)ncnc32)OC1COP(=O)(O)OP(=O)(O)OP(=O)(O)O. The van der Waals surface area contributed by atoms with E-state index in [0.717, 1.165) is 25.0 Å². The van der Waals surface area contributed by atoms with Gasteiger partial charge >= 0.3 is 29.5 Å². The average molecular weight is 867 g/mol. The Morgan fingerprint density at radius 2 is 1.92 bits per heavy atom. The fourth-order valence-electron chi connectivity index (χ4n) is 5.75. The lowest BCUT2D eigenvalue weighted by molar-refractivity contribution is -0.121. The molecule has 53 heavy (non-hydrogen) atoms. The average Bonchev–Trinajstić information content (AvgIpc) is 3.82. The normalized spacial score (nSPS) is 26.9. The van der Waals surface area contributed by atoms with Crippen molar-refractivity contribution in [3.63, 3.8) is 0 Å². The number of nitrogens with one attached hydrogen (secondary N) is 3. The van der Waals surface area contributed by atoms with E-state index in [1.54, 1.807) is 4.57 Å². The Hall–Kier alpha value is -1.53. The Morgan fingerprint density at radius 3 is 2.68 bits per heavy atom. The number of nitrogens with two attached hydrogens (primary N) is 1. The maximum atomic E-state index is 12.6. The summed E-state index contributed by atoms with van der Waals surface area (Å²) in [6, 6.07) is 0.197. The maximum absolute atomic E-state index is 12.6. The first-order chi connectivity index (χ1) is 24.8. The number of phosphoric acid groups is 3. The fraction of sp³-hybridized carbons (Fsp3) is 0.720. The van der Waals surface area contributed by atoms with Gasteiger partial charge < -0.3 is 50.7 Å². The summed E-state index contributed by atoms with van der Waals surface area (Å²) >= 11 is 1.84. The number of aromatic nitrogens is 4. The number of amides is 3. The van der Waals surface area contributed by atoms with Crippen molar-refractivity contribution in [3.8, 4) is 0 Å². The number of imidazole rings is 1. The smallest absolute Gasteiger partial charge is 0.382 e. The molecule has 0 bridgehead atoms. The molecule has 3 amide bonds. The Labute approximate surface area is 315 Å². The summed E-state index contributed by atoms with van der Waals surface area (Å²) in [5, 5.41) is 9.23. The first-order valence-corrected chi connectivity index (χ1v) is 23.9. The van der Waals surface area contributed by atoms with Crippen molar-refractivity contribution in [2.24, 2.45) is 0 Å². The van der Waals surface area contributed by atoms with Crippen molar-refractivity contribution >= 4 is 85.7 Å². The monoisotopic (exact) mass is 866 g/mol. The molecule has 2 aromatic heterocycles. The summed E-state index contributed by atoms with van der Waals surface area (Å²) in [7, 11) is -13.9. The van der Waals surface area contributed by atoms with Crippen LogP contribution < -0.4 is 21.7 Å². The number of fused-ring (bicyclic) bond motifs is 2. The van der Waals surface area contributed by atoms with E-state index in [-0.39, 0.29) is 42.2 Å². The van der Waals surface area contributed by atoms with Crippen molar-refractivity contribution in [2.45, 2.75) is 86.5 Å². The molecule has 9 N–H and O–H groups in total. The van der Waals surface area contributed by atoms with Crippen LogP contribution in [0.1, 0.15) is 52.2 Å². The molecule has 0 saturated carbocycles. The molecule has 5 rings (SSSR count). The standard InChI is InChI=1S/C25H41N8O14P3S3/c1-25(2,10-27-18(34)6-4-3-5-17-20-14(9-51-17)31-24(35)32-20)53-52-13-43-15-7-19(33-12-30-21-22(26)28-11-29-23(21)33)45-16(15)8-44-49(39,40)47-50(41,42)46-48(36,37)38/h11-12,14-17,19-20H,3-10,13H2,1-2H3,(H,27,34)(H,39,40)(H,41,42)(H2,26,28,29)(H2,31,32,35)(H2,36,37,38)/t14?,15-,16?,17?,19-,20?/m1/s1. The number of unbranched alkanes of at least 4 members (excludes halogenated alkanes) is 1. The van der Waals surface area contributed by atoms with Gasteiger partial charge in [0.2, 0.25) is 5.91 Å². The number of phosphoric ester groups is 1. The molecule has 3 aliphatic heterocycles. The fourth-order valence-corrected chi connectivity index (χ4v) is 12.5. The zero-order valence-corrected chi connectivity index (χ0v) is 33.4. The van der Waals surface area contributed by atoms with E-state index in [2.05, 4.69) is 39.5 Å². The maximum Gasteiger partial charge on any atom is 0.490 e. The van der Waals surface area contributed by atoms with Gasteiger partial charge in [-0.2, -0.15) is 20.4 Å². The van der Waals surface area contributed by atoms with Crippen LogP contribution in [0, 0.1) is 0 Å². The number of urea groups is 1. The highest BCUT2D eigenvalue weighted by Gasteiger charge is 2.44. The van der Waals surface area contributed by atoms with Gasteiger partial charge in [-0.3, -0.25) is 13.9 Å². The number of thioether (sulfide) groups is 1. The highest BCUT2D eigenvalue weighted by molar-refractivity contribution is 8.77. The molecule has 6 unspecified atom stereocenters. The number of rotatable bonds is 20. The second kappa shape index (κ2) is 17.7. The molecule has 0 aliphatic carbocycles. The number of anilines is 1. The van der Waals surface area contributed by atoms with Crippen LogP contribution in [0.4, 0.5) is 10.6 Å². The van der Waals surface area contributed by atoms with Crippen LogP contribution in [-0.4, -0.2) is 110 Å². The van der Waals surface area contributed by atoms with Crippen LogP contribution >= 0.6 is 56.8 Å². The van der Waals surface area contributed by atoms with Gasteiger partial charge in [0.1, 0.15) is 30.1 Å². The van der Waals surface area contributed by atoms with Crippen LogP contribution in [0.5, 0.6) is 0 Å². The Bertz CT molecular complexity index is 1770. The van der Waals surface area contributed by atoms with E-state index in [0.29, 0.717) is 29.4 Å². The molecular formula is C25H41N8O14P3S3. The van der Waals surface area contributed by atoms with Gasteiger partial charge in [-0.1, -0.05) is 28.0 Å². The topological polar surface area (TPSA) is 318 Å². The lowest BCUT2D eigenvalue weighted by Crippen LogP contribution is -2.37. The molecular weight excluding hydrogens is 825 g/mol. The van der Waals surface area contributed by atoms with Crippen molar-refractivity contribution in [1.29, 1.82) is 0 Å². The summed E-state index contributed by atoms with van der Waals surface area (Å²) < 4.78 is 60.8. The van der Waals surface area contributed by atoms with Gasteiger partial charge in [0, 0.05) is 35.1 Å². The Balaban J connectivity index is 1.08. The van der Waals surface area contributed by atoms with Crippen LogP contribution in [0.2, 0.25) is 0 Å². The molecule has 2 aromatic rings. The molecule has 0 spiro atoms. The molecule has 0 aromatic carbocycles. The van der Waals surface area contributed by atoms with Crippen molar-refractivity contribution in [1.82, 2.24) is 35.5 Å². The van der Waals surface area contributed by atoms with Crippen LogP contribution in [0.25, 0.3) is 11.2 Å². The van der Waals surface area contributed by atoms with Gasteiger partial charge in [0.05, 0.1) is 31.1 Å². The Kier molecular flexibility index (Phi) is 14.3. The summed E-state index contributed by atoms with van der Waals surface area (Å²) in [6.45, 7) is 3.58. The predicted octanol–water partition coefficient (Wildman–Crippen LogP) is 2.38. The molecule has 8 atom stereocenters. The summed E-state index contributed by atoms with van der Waals surface area (Å²) in [5.74, 6) is 1.07. The third kappa shape index (κ3) is 12.5. The van der Waals surface area contributed by atoms with Gasteiger partial charge in [-0.25, -0.2) is 33.4 Å². The molecule has 3 fully saturated rings. The number of ether oxygens (including phenoxy) is 2. The molecule has 28 heteroatoms. The second-order valence-corrected chi connectivity index (χ2v) is 21.4. The number of nitrogen functional groups attached to an aromatic ring is 1. The van der Waals surface area contributed by atoms with E-state index in [9.17, 15) is 33.1 Å². The predicted molar refractivity (Wildman–Crippen MR) is 194 cm³/mol. The zero-order chi connectivity index (χ0) is 38.6. The highest BCUT2D eigenvalue weighted by atomic mass is 33.1. The van der Waals surface area contributed by atoms with E-state index in [1.165, 1.54) is 34.2 Å². The summed E-state index contributed by atoms with van der Waals surface area (Å²) in [4.78, 5) is 73.5. The number of hydrogen-bond donors (Lipinski definition) is 8. The van der Waals surface area contributed by atoms with E-state index < -0.39 is 53.3 Å². The number of carbonyl (C=O) groups is 2. The van der Waals surface area contributed by atoms with Crippen LogP contribution in [-0.2, 0) is 41.1 Å². The van der Waals surface area contributed by atoms with Crippen molar-refractivity contribution in [3.05, 3.63) is 12.7 Å². The number of nitrogens with zero attached hydrogens (tertiary/aromatic N) is 4. The van der Waals surface area contributed by atoms with Crippen molar-refractivity contribution < 1.29 is 65.5 Å². The molecule has 3 saturated heterocycles. The quantitative estimate of drug-likeness (QED) is 0.0311. The minimum atomic E-state index is -5.72. The van der Waals surface area contributed by atoms with E-state index >= 15 is 0 Å². The first kappa shape index (κ1) is 42.6. The zero-order valence-electron chi connectivity index (χ0n) is 28.3. The molecule has 5 heterocycles. The molecule has 298 valence electrons. The second-order valence-electron chi connectivity index (χ2n) is 12.8. The third-order valence-electron chi connectivity index (χ3n) is 8.10. The first-order valence-electron chi connectivity index (χ1n) is 16.0. The lowest BCUT2D eigenvalue weighted by Gasteiger charge is -2.24. The van der Waals surface area contributed by atoms with Crippen molar-refractivity contribution in [2.75, 3.05) is 30.6 Å². The van der Waals surface area contributed by atoms with Gasteiger partial charge in [0.25, 0.3) is 0 Å². The van der Waals surface area contributed by atoms with E-state index in [4.69, 9.17) is 29.5 Å². The lowest BCUT2D eigenvalue weighted by atomic mass is 10.0. The molecule has 22 nitrogen and oxygen atoms in total. The Morgan fingerprint density at radius 1 is 1.15 bits per heavy atom. The number of hydrogen-bond acceptors (Lipinski definition) is 17.